The molecule has 3 heterocycles. The molecule has 4 nitrogen and oxygen atoms in total. The minimum atomic E-state index is -0.141. The van der Waals surface area contributed by atoms with Crippen molar-refractivity contribution in [2.75, 3.05) is 25.0 Å². The van der Waals surface area contributed by atoms with Crippen LogP contribution in [-0.4, -0.2) is 36.6 Å². The van der Waals surface area contributed by atoms with Gasteiger partial charge in [0, 0.05) is 30.7 Å². The second-order valence-corrected chi connectivity index (χ2v) is 5.91. The summed E-state index contributed by atoms with van der Waals surface area (Å²) in [7, 11) is 0. The molecular weight excluding hydrogens is 262 g/mol. The van der Waals surface area contributed by atoms with Gasteiger partial charge in [-0.05, 0) is 37.4 Å². The van der Waals surface area contributed by atoms with E-state index in [0.29, 0.717) is 24.4 Å². The molecule has 4 atom stereocenters. The van der Waals surface area contributed by atoms with Gasteiger partial charge in [0.05, 0.1) is 0 Å². The summed E-state index contributed by atoms with van der Waals surface area (Å²) in [5, 5.41) is 5.82. The van der Waals surface area contributed by atoms with E-state index >= 15 is 0 Å². The van der Waals surface area contributed by atoms with Gasteiger partial charge in [-0.2, -0.15) is 0 Å². The predicted molar refractivity (Wildman–Crippen MR) is 83.9 cm³/mol. The van der Waals surface area contributed by atoms with E-state index in [1.807, 2.05) is 30.3 Å². The number of fused-ring (bicyclic) bond motifs is 3. The summed E-state index contributed by atoms with van der Waals surface area (Å²) in [6, 6.07) is 9.78. The fraction of sp³-hybridized carbons (Fsp3) is 0.471. The number of amides is 2. The van der Waals surface area contributed by atoms with Gasteiger partial charge in [-0.1, -0.05) is 18.2 Å². The molecule has 1 aromatic carbocycles. The molecular formula is C17H21N3O. The number of urea groups is 1. The van der Waals surface area contributed by atoms with Crippen LogP contribution in [-0.2, 0) is 0 Å². The number of hydrogen-bond donors (Lipinski definition) is 2. The number of benzene rings is 1. The molecule has 0 saturated carbocycles. The molecule has 0 aliphatic carbocycles. The van der Waals surface area contributed by atoms with Crippen molar-refractivity contribution in [3.63, 3.8) is 0 Å². The third-order valence-electron chi connectivity index (χ3n) is 4.62. The second kappa shape index (κ2) is 6.19. The summed E-state index contributed by atoms with van der Waals surface area (Å²) in [5.74, 6) is 3.94. The molecule has 2 N–H and O–H groups in total. The number of hydrogen-bond acceptors (Lipinski definition) is 2. The third kappa shape index (κ3) is 3.20. The monoisotopic (exact) mass is 283 g/mol. The highest BCUT2D eigenvalue weighted by Gasteiger charge is 2.39. The van der Waals surface area contributed by atoms with Crippen LogP contribution < -0.4 is 10.6 Å². The van der Waals surface area contributed by atoms with Crippen molar-refractivity contribution in [3.8, 4) is 12.3 Å². The second-order valence-electron chi connectivity index (χ2n) is 5.91. The lowest BCUT2D eigenvalue weighted by Crippen LogP contribution is -2.56. The molecule has 3 saturated heterocycles. The maximum absolute atomic E-state index is 11.9. The van der Waals surface area contributed by atoms with Crippen LogP contribution in [0.2, 0.25) is 0 Å². The average molecular weight is 283 g/mol. The van der Waals surface area contributed by atoms with Gasteiger partial charge in [0.2, 0.25) is 0 Å². The summed E-state index contributed by atoms with van der Waals surface area (Å²) in [4.78, 5) is 14.3. The van der Waals surface area contributed by atoms with Crippen molar-refractivity contribution >= 4 is 11.7 Å². The molecule has 4 heteroatoms. The summed E-state index contributed by atoms with van der Waals surface area (Å²) >= 11 is 0. The molecule has 2 amide bonds. The van der Waals surface area contributed by atoms with Crippen molar-refractivity contribution < 1.29 is 4.79 Å². The van der Waals surface area contributed by atoms with E-state index in [4.69, 9.17) is 6.42 Å². The van der Waals surface area contributed by atoms with Crippen LogP contribution in [0.25, 0.3) is 0 Å². The minimum absolute atomic E-state index is 0.141. The first-order valence-corrected chi connectivity index (χ1v) is 7.56. The van der Waals surface area contributed by atoms with Crippen LogP contribution in [0.1, 0.15) is 12.8 Å². The fourth-order valence-corrected chi connectivity index (χ4v) is 3.45. The molecule has 4 rings (SSSR count). The van der Waals surface area contributed by atoms with Crippen molar-refractivity contribution in [1.29, 1.82) is 0 Å². The lowest BCUT2D eigenvalue weighted by atomic mass is 9.76. The van der Waals surface area contributed by atoms with Crippen LogP contribution in [0.5, 0.6) is 0 Å². The van der Waals surface area contributed by atoms with Gasteiger partial charge in [0.1, 0.15) is 0 Å². The molecule has 0 spiro atoms. The highest BCUT2D eigenvalue weighted by molar-refractivity contribution is 5.89. The van der Waals surface area contributed by atoms with E-state index in [1.54, 1.807) is 0 Å². The summed E-state index contributed by atoms with van der Waals surface area (Å²) in [5.41, 5.74) is 0.813. The van der Waals surface area contributed by atoms with Gasteiger partial charge >= 0.3 is 6.03 Å². The molecule has 2 bridgehead atoms. The Kier molecular flexibility index (Phi) is 4.12. The topological polar surface area (TPSA) is 44.4 Å². The summed E-state index contributed by atoms with van der Waals surface area (Å²) in [6.45, 7) is 2.77. The van der Waals surface area contributed by atoms with Crippen LogP contribution in [0.15, 0.2) is 30.3 Å². The zero-order chi connectivity index (χ0) is 14.7. The Bertz CT molecular complexity index is 537. The van der Waals surface area contributed by atoms with Crippen LogP contribution >= 0.6 is 0 Å². The average Bonchev–Trinajstić information content (AvgIpc) is 2.54. The van der Waals surface area contributed by atoms with E-state index in [9.17, 15) is 4.79 Å². The Labute approximate surface area is 125 Å². The maximum atomic E-state index is 11.9. The van der Waals surface area contributed by atoms with Crippen LogP contribution in [0.4, 0.5) is 10.5 Å². The quantitative estimate of drug-likeness (QED) is 0.835. The van der Waals surface area contributed by atoms with Crippen LogP contribution in [0.3, 0.4) is 0 Å². The molecule has 3 aliphatic heterocycles. The lowest BCUT2D eigenvalue weighted by Gasteiger charge is -2.48. The Morgan fingerprint density at radius 1 is 1.38 bits per heavy atom. The van der Waals surface area contributed by atoms with Gasteiger partial charge in [0.25, 0.3) is 0 Å². The molecule has 110 valence electrons. The first-order chi connectivity index (χ1) is 10.3. The van der Waals surface area contributed by atoms with Crippen molar-refractivity contribution in [2.45, 2.75) is 18.9 Å². The van der Waals surface area contributed by atoms with Gasteiger partial charge in [0.15, 0.2) is 0 Å². The van der Waals surface area contributed by atoms with Gasteiger partial charge in [-0.3, -0.25) is 4.90 Å². The van der Waals surface area contributed by atoms with E-state index in [2.05, 4.69) is 21.5 Å². The number of carbonyl (C=O) groups is 1. The molecule has 4 unspecified atom stereocenters. The number of carbonyl (C=O) groups excluding carboxylic acids is 1. The Morgan fingerprint density at radius 3 is 2.86 bits per heavy atom. The zero-order valence-corrected chi connectivity index (χ0v) is 12.1. The summed E-state index contributed by atoms with van der Waals surface area (Å²) in [6.07, 6.45) is 7.88. The first-order valence-electron chi connectivity index (χ1n) is 7.56. The number of para-hydroxylation sites is 1. The van der Waals surface area contributed by atoms with E-state index < -0.39 is 0 Å². The predicted octanol–water partition coefficient (Wildman–Crippen LogP) is 2.15. The number of nitrogens with zero attached hydrogens (tertiary/aromatic N) is 1. The molecule has 0 radical (unpaired) electrons. The van der Waals surface area contributed by atoms with E-state index in [0.717, 1.165) is 25.2 Å². The molecule has 1 aromatic rings. The third-order valence-corrected chi connectivity index (χ3v) is 4.62. The van der Waals surface area contributed by atoms with Crippen molar-refractivity contribution in [1.82, 2.24) is 10.2 Å². The van der Waals surface area contributed by atoms with Gasteiger partial charge in [-0.25, -0.2) is 4.79 Å². The van der Waals surface area contributed by atoms with Crippen molar-refractivity contribution in [3.05, 3.63) is 30.3 Å². The van der Waals surface area contributed by atoms with Crippen molar-refractivity contribution in [2.24, 2.45) is 11.8 Å². The standard InChI is InChI=1S/C17H21N3O/c1-2-13-12-20-9-8-14(13)10-16(20)11-18-17(21)19-15-6-4-3-5-7-15/h1,3-7,13-14,16H,8-12H2,(H2,18,19,21). The Hall–Kier alpha value is -1.99. The SMILES string of the molecule is C#CC1CN2CCC1CC2CNC(=O)Nc1ccccc1. The number of anilines is 1. The smallest absolute Gasteiger partial charge is 0.319 e. The number of piperidine rings is 3. The van der Waals surface area contributed by atoms with E-state index in [1.165, 1.54) is 6.42 Å². The number of terminal acetylenes is 1. The van der Waals surface area contributed by atoms with Gasteiger partial charge in [-0.15, -0.1) is 12.3 Å². The Balaban J connectivity index is 1.48. The van der Waals surface area contributed by atoms with Gasteiger partial charge < -0.3 is 10.6 Å². The molecule has 3 fully saturated rings. The lowest BCUT2D eigenvalue weighted by molar-refractivity contribution is 0.0242. The first kappa shape index (κ1) is 14.0. The Morgan fingerprint density at radius 2 is 2.19 bits per heavy atom. The largest absolute Gasteiger partial charge is 0.336 e. The molecule has 21 heavy (non-hydrogen) atoms. The number of rotatable bonds is 3. The summed E-state index contributed by atoms with van der Waals surface area (Å²) < 4.78 is 0. The molecule has 0 aromatic heterocycles. The minimum Gasteiger partial charge on any atom is -0.336 e. The molecule has 3 aliphatic rings. The van der Waals surface area contributed by atoms with Crippen LogP contribution in [0, 0.1) is 24.2 Å². The van der Waals surface area contributed by atoms with E-state index in [-0.39, 0.29) is 6.03 Å². The zero-order valence-electron chi connectivity index (χ0n) is 12.1. The highest BCUT2D eigenvalue weighted by Crippen LogP contribution is 2.35. The normalized spacial score (nSPS) is 30.4. The maximum Gasteiger partial charge on any atom is 0.319 e. The fourth-order valence-electron chi connectivity index (χ4n) is 3.45. The number of nitrogens with one attached hydrogen (secondary N) is 2. The highest BCUT2D eigenvalue weighted by atomic mass is 16.2.